The lowest BCUT2D eigenvalue weighted by molar-refractivity contribution is -0.135. The van der Waals surface area contributed by atoms with Crippen molar-refractivity contribution in [2.75, 3.05) is 68.0 Å². The lowest BCUT2D eigenvalue weighted by Gasteiger charge is -2.40. The zero-order valence-electron chi connectivity index (χ0n) is 22.0. The number of benzene rings is 1. The number of thioether (sulfide) groups is 1. The van der Waals surface area contributed by atoms with Crippen molar-refractivity contribution in [3.05, 3.63) is 35.5 Å². The van der Waals surface area contributed by atoms with Crippen molar-refractivity contribution in [2.24, 2.45) is 5.92 Å². The molecule has 0 radical (unpaired) electrons. The highest BCUT2D eigenvalue weighted by Crippen LogP contribution is 2.33. The molecule has 2 aromatic rings. The monoisotopic (exact) mass is 558 g/mol. The molecule has 9 nitrogen and oxygen atoms in total. The van der Waals surface area contributed by atoms with Gasteiger partial charge in [0.25, 0.3) is 0 Å². The molecule has 2 aliphatic heterocycles. The van der Waals surface area contributed by atoms with E-state index in [1.165, 1.54) is 11.8 Å². The third-order valence-electron chi connectivity index (χ3n) is 7.28. The fraction of sp³-hybridized carbons (Fsp3) is 0.556. The van der Waals surface area contributed by atoms with Crippen molar-refractivity contribution in [1.82, 2.24) is 19.8 Å². The number of hydrogen-bond acceptors (Lipinski definition) is 8. The summed E-state index contributed by atoms with van der Waals surface area (Å²) < 4.78 is 5.78. The van der Waals surface area contributed by atoms with Crippen LogP contribution in [0.5, 0.6) is 5.75 Å². The van der Waals surface area contributed by atoms with Gasteiger partial charge in [-0.25, -0.2) is 9.97 Å². The molecule has 38 heavy (non-hydrogen) atoms. The van der Waals surface area contributed by atoms with Gasteiger partial charge in [0.2, 0.25) is 11.8 Å². The molecule has 1 aromatic carbocycles. The Labute approximate surface area is 233 Å². The second-order valence-corrected chi connectivity index (χ2v) is 11.3. The lowest BCUT2D eigenvalue weighted by Crippen LogP contribution is -2.54. The summed E-state index contributed by atoms with van der Waals surface area (Å²) in [5, 5.41) is 0.852. The largest absolute Gasteiger partial charge is 0.492 e. The molecule has 3 aliphatic rings. The van der Waals surface area contributed by atoms with Crippen LogP contribution in [0.1, 0.15) is 26.7 Å². The first-order valence-electron chi connectivity index (χ1n) is 13.4. The smallest absolute Gasteiger partial charge is 0.233 e. The number of rotatable bonds is 8. The Morgan fingerprint density at radius 2 is 1.79 bits per heavy atom. The standard InChI is InChI=1S/C27H35ClN6O3S/c1-3-37-22-7-5-4-6-21(22)31-10-12-32(13-11-31)25(35)18-38-27-29-23(28)16-24(30-27)33-14-15-34(19(2)17-33)26(36)20-8-9-20/h4-7,16,19-20H,3,8-15,17-18H2,1-2H3. The van der Waals surface area contributed by atoms with Crippen LogP contribution in [-0.4, -0.2) is 95.8 Å². The van der Waals surface area contributed by atoms with Crippen LogP contribution in [0.15, 0.2) is 35.5 Å². The van der Waals surface area contributed by atoms with Crippen LogP contribution in [0, 0.1) is 5.92 Å². The average Bonchev–Trinajstić information content (AvgIpc) is 3.77. The fourth-order valence-corrected chi connectivity index (χ4v) is 6.06. The summed E-state index contributed by atoms with van der Waals surface area (Å²) >= 11 is 7.66. The molecule has 3 heterocycles. The summed E-state index contributed by atoms with van der Waals surface area (Å²) in [6.45, 7) is 9.59. The molecule has 0 spiro atoms. The number of carbonyl (C=O) groups excluding carboxylic acids is 2. The zero-order valence-corrected chi connectivity index (χ0v) is 23.6. The average molecular weight is 559 g/mol. The Hall–Kier alpha value is -2.72. The first-order valence-corrected chi connectivity index (χ1v) is 14.8. The predicted molar refractivity (Wildman–Crippen MR) is 150 cm³/mol. The van der Waals surface area contributed by atoms with Gasteiger partial charge in [-0.2, -0.15) is 0 Å². The van der Waals surface area contributed by atoms with E-state index in [0.717, 1.165) is 43.2 Å². The molecule has 11 heteroatoms. The van der Waals surface area contributed by atoms with Crippen molar-refractivity contribution in [3.63, 3.8) is 0 Å². The van der Waals surface area contributed by atoms with Gasteiger partial charge in [0, 0.05) is 63.8 Å². The lowest BCUT2D eigenvalue weighted by atomic mass is 10.1. The molecule has 1 saturated carbocycles. The summed E-state index contributed by atoms with van der Waals surface area (Å²) in [4.78, 5) is 42.9. The molecule has 0 bridgehead atoms. The van der Waals surface area contributed by atoms with Crippen LogP contribution >= 0.6 is 23.4 Å². The van der Waals surface area contributed by atoms with Crippen LogP contribution < -0.4 is 14.5 Å². The van der Waals surface area contributed by atoms with Gasteiger partial charge in [-0.15, -0.1) is 0 Å². The summed E-state index contributed by atoms with van der Waals surface area (Å²) in [5.41, 5.74) is 1.07. The molecule has 1 aromatic heterocycles. The van der Waals surface area contributed by atoms with E-state index in [1.54, 1.807) is 6.07 Å². The zero-order chi connectivity index (χ0) is 26.6. The van der Waals surface area contributed by atoms with E-state index in [2.05, 4.69) is 27.8 Å². The maximum absolute atomic E-state index is 13.0. The van der Waals surface area contributed by atoms with E-state index in [9.17, 15) is 9.59 Å². The van der Waals surface area contributed by atoms with E-state index < -0.39 is 0 Å². The second-order valence-electron chi connectivity index (χ2n) is 9.99. The topological polar surface area (TPSA) is 82.1 Å². The number of aromatic nitrogens is 2. The predicted octanol–water partition coefficient (Wildman–Crippen LogP) is 3.42. The van der Waals surface area contributed by atoms with Crippen molar-refractivity contribution in [2.45, 2.75) is 37.9 Å². The van der Waals surface area contributed by atoms with E-state index in [4.69, 9.17) is 21.3 Å². The Kier molecular flexibility index (Phi) is 8.48. The van der Waals surface area contributed by atoms with Crippen LogP contribution in [0.4, 0.5) is 11.5 Å². The molecule has 2 saturated heterocycles. The molecule has 204 valence electrons. The second kappa shape index (κ2) is 12.0. The van der Waals surface area contributed by atoms with E-state index in [1.807, 2.05) is 34.9 Å². The number of hydrogen-bond donors (Lipinski definition) is 0. The molecule has 1 aliphatic carbocycles. The van der Waals surface area contributed by atoms with E-state index in [0.29, 0.717) is 49.6 Å². The fourth-order valence-electron chi connectivity index (χ4n) is 5.08. The van der Waals surface area contributed by atoms with E-state index in [-0.39, 0.29) is 29.5 Å². The van der Waals surface area contributed by atoms with E-state index >= 15 is 0 Å². The number of piperazine rings is 2. The summed E-state index contributed by atoms with van der Waals surface area (Å²) in [5.74, 6) is 2.46. The number of nitrogens with zero attached hydrogens (tertiary/aromatic N) is 6. The highest BCUT2D eigenvalue weighted by molar-refractivity contribution is 7.99. The summed E-state index contributed by atoms with van der Waals surface area (Å²) in [6.07, 6.45) is 2.04. The van der Waals surface area contributed by atoms with Crippen LogP contribution in [0.2, 0.25) is 5.15 Å². The van der Waals surface area contributed by atoms with Gasteiger partial charge in [0.05, 0.1) is 18.0 Å². The van der Waals surface area contributed by atoms with Crippen molar-refractivity contribution in [3.8, 4) is 5.75 Å². The number of ether oxygens (including phenoxy) is 1. The Morgan fingerprint density at radius 1 is 1.05 bits per heavy atom. The molecule has 5 rings (SSSR count). The minimum absolute atomic E-state index is 0.0682. The molecule has 3 fully saturated rings. The third kappa shape index (κ3) is 6.29. The minimum atomic E-state index is 0.0682. The van der Waals surface area contributed by atoms with Crippen LogP contribution in [0.25, 0.3) is 0 Å². The van der Waals surface area contributed by atoms with Gasteiger partial charge >= 0.3 is 0 Å². The number of anilines is 2. The third-order valence-corrected chi connectivity index (χ3v) is 8.31. The highest BCUT2D eigenvalue weighted by Gasteiger charge is 2.37. The van der Waals surface area contributed by atoms with Crippen LogP contribution in [-0.2, 0) is 9.59 Å². The number of halogens is 1. The van der Waals surface area contributed by atoms with Crippen LogP contribution in [0.3, 0.4) is 0 Å². The highest BCUT2D eigenvalue weighted by atomic mass is 35.5. The number of amides is 2. The first-order chi connectivity index (χ1) is 18.4. The molecule has 2 amide bonds. The van der Waals surface area contributed by atoms with Gasteiger partial charge in [-0.1, -0.05) is 35.5 Å². The molecular formula is C27H35ClN6O3S. The Bertz CT molecular complexity index is 1160. The van der Waals surface area contributed by atoms with Gasteiger partial charge in [0.15, 0.2) is 5.16 Å². The SMILES string of the molecule is CCOc1ccccc1N1CCN(C(=O)CSc2nc(Cl)cc(N3CCN(C(=O)C4CC4)C(C)C3)n2)CC1. The summed E-state index contributed by atoms with van der Waals surface area (Å²) in [6, 6.07) is 9.92. The van der Waals surface area contributed by atoms with Crippen molar-refractivity contribution in [1.29, 1.82) is 0 Å². The first kappa shape index (κ1) is 26.9. The normalized spacial score (nSPS) is 20.0. The number of para-hydroxylation sites is 2. The van der Waals surface area contributed by atoms with Gasteiger partial charge in [-0.05, 0) is 38.8 Å². The van der Waals surface area contributed by atoms with Gasteiger partial charge in [-0.3, -0.25) is 9.59 Å². The van der Waals surface area contributed by atoms with Gasteiger partial charge < -0.3 is 24.3 Å². The molecule has 1 atom stereocenters. The molecule has 0 N–H and O–H groups in total. The maximum atomic E-state index is 13.0. The minimum Gasteiger partial charge on any atom is -0.492 e. The Balaban J connectivity index is 1.14. The van der Waals surface area contributed by atoms with Crippen molar-refractivity contribution < 1.29 is 14.3 Å². The number of carbonyl (C=O) groups is 2. The molecular weight excluding hydrogens is 524 g/mol. The molecule has 1 unspecified atom stereocenters. The van der Waals surface area contributed by atoms with Gasteiger partial charge in [0.1, 0.15) is 16.7 Å². The quantitative estimate of drug-likeness (QED) is 0.277. The maximum Gasteiger partial charge on any atom is 0.233 e. The Morgan fingerprint density at radius 3 is 2.50 bits per heavy atom. The van der Waals surface area contributed by atoms with Crippen molar-refractivity contribution >= 4 is 46.7 Å². The summed E-state index contributed by atoms with van der Waals surface area (Å²) in [7, 11) is 0.